The second-order valence-corrected chi connectivity index (χ2v) is 55.6. The Balaban J connectivity index is 0.000000225. The summed E-state index contributed by atoms with van der Waals surface area (Å²) in [5, 5.41) is 32.4. The van der Waals surface area contributed by atoms with E-state index in [2.05, 4.69) is 225 Å². The number of nitrogens with one attached hydrogen (secondary N) is 2. The topological polar surface area (TPSA) is 361 Å². The summed E-state index contributed by atoms with van der Waals surface area (Å²) in [4.78, 5) is 25.0. The average Bonchev–Trinajstić information content (AvgIpc) is 1.58. The zero-order valence-electron chi connectivity index (χ0n) is 85.3. The maximum atomic E-state index is 6.33. The van der Waals surface area contributed by atoms with E-state index in [1.54, 1.807) is 94.1 Å². The van der Waals surface area contributed by atoms with Crippen molar-refractivity contribution in [1.82, 2.24) is 66.0 Å². The van der Waals surface area contributed by atoms with Crippen LogP contribution >= 0.6 is 40.3 Å². The Morgan fingerprint density at radius 1 is 0.447 bits per heavy atom. The minimum atomic E-state index is -0.523. The van der Waals surface area contributed by atoms with E-state index in [0.717, 1.165) is 243 Å². The van der Waals surface area contributed by atoms with Crippen molar-refractivity contribution in [3.8, 4) is 45.0 Å². The molecule has 769 valence electrons. The van der Waals surface area contributed by atoms with Gasteiger partial charge < -0.3 is 83.7 Å². The van der Waals surface area contributed by atoms with E-state index in [4.69, 9.17) is 113 Å². The number of H-pyrrole nitrogens is 2. The van der Waals surface area contributed by atoms with Crippen LogP contribution in [0.25, 0.3) is 77.4 Å². The molecule has 0 bridgehead atoms. The van der Waals surface area contributed by atoms with Crippen LogP contribution in [0.3, 0.4) is 0 Å². The van der Waals surface area contributed by atoms with E-state index in [1.807, 2.05) is 114 Å². The number of fused-ring (bicyclic) bond motifs is 6. The number of thiol groups is 1. The van der Waals surface area contributed by atoms with Crippen molar-refractivity contribution in [1.29, 1.82) is 0 Å². The number of aromatic amines is 2. The van der Waals surface area contributed by atoms with E-state index < -0.39 is 7.32 Å². The molecule has 14 heterocycles. The van der Waals surface area contributed by atoms with Crippen LogP contribution in [-0.2, 0) is 217 Å². The van der Waals surface area contributed by atoms with E-state index in [9.17, 15) is 0 Å². The number of rotatable bonds is 19. The summed E-state index contributed by atoms with van der Waals surface area (Å²) in [5.41, 5.74) is 15.3. The molecule has 0 spiro atoms. The van der Waals surface area contributed by atoms with Gasteiger partial charge in [0, 0.05) is 208 Å². The Morgan fingerprint density at radius 2 is 0.816 bits per heavy atom. The van der Waals surface area contributed by atoms with Gasteiger partial charge in [-0.2, -0.15) is 0 Å². The molecular weight excluding hydrogens is 2150 g/mol. The number of halogens is 2. The van der Waals surface area contributed by atoms with E-state index in [0.29, 0.717) is 22.4 Å². The van der Waals surface area contributed by atoms with Crippen molar-refractivity contribution in [2.24, 2.45) is 4.30 Å². The van der Waals surface area contributed by atoms with Crippen LogP contribution in [0, 0.1) is 41.5 Å². The predicted molar refractivity (Wildman–Crippen MR) is 607 cm³/mol. The fourth-order valence-electron chi connectivity index (χ4n) is 14.4. The fraction of sp³-hybridized carbons (Fsp3) is 0.549. The Hall–Kier alpha value is -5.97. The van der Waals surface area contributed by atoms with Gasteiger partial charge in [-0.3, -0.25) is 0 Å². The first-order chi connectivity index (χ1) is 66.3. The molecule has 0 aliphatic carbocycles. The Bertz CT molecular complexity index is 6650. The molecule has 1 radical (unpaired) electrons. The second-order valence-electron chi connectivity index (χ2n) is 34.8. The maximum absolute atomic E-state index is 6.33. The fourth-order valence-corrected chi connectivity index (χ4v) is 40.2. The van der Waals surface area contributed by atoms with E-state index in [1.165, 1.54) is 17.8 Å². The number of benzene rings is 2. The van der Waals surface area contributed by atoms with Crippen LogP contribution in [0.5, 0.6) is 11.5 Å². The molecule has 0 atom stereocenters. The molecule has 3 aliphatic rings. The number of ether oxygens (including phenoxy) is 2. The Morgan fingerprint density at radius 3 is 1.16 bits per heavy atom. The summed E-state index contributed by atoms with van der Waals surface area (Å²) in [7, 11) is 24.5. The van der Waals surface area contributed by atoms with Crippen molar-refractivity contribution in [3.63, 3.8) is 0 Å². The molecule has 30 nitrogen and oxygen atoms in total. The van der Waals surface area contributed by atoms with Crippen molar-refractivity contribution in [3.05, 3.63) is 132 Å². The van der Waals surface area contributed by atoms with Gasteiger partial charge >= 0.3 is 46.3 Å². The van der Waals surface area contributed by atoms with Crippen LogP contribution in [0.15, 0.2) is 70.8 Å². The number of hydrogen-bond donors (Lipinski definition) is 3. The summed E-state index contributed by atoms with van der Waals surface area (Å²) in [5.74, 6) is 8.73. The molecule has 0 amide bonds. The van der Waals surface area contributed by atoms with Gasteiger partial charge in [0.05, 0.1) is 125 Å². The van der Waals surface area contributed by atoms with Gasteiger partial charge in [-0.05, 0) is 211 Å². The number of aryl methyl sites for hydroxylation is 16. The average molecular weight is 2280 g/mol. The molecule has 2 N–H and O–H groups in total. The number of methoxy groups -OCH3 is 2. The third kappa shape index (κ3) is 30.7. The summed E-state index contributed by atoms with van der Waals surface area (Å²) < 4.78 is 93.2. The van der Waals surface area contributed by atoms with Crippen LogP contribution < -0.4 is 20.4 Å². The molecule has 3 aliphatic heterocycles. The Labute approximate surface area is 889 Å². The summed E-state index contributed by atoms with van der Waals surface area (Å²) in [6.07, 6.45) is 8.56. The number of hydrogen-bond acceptors (Lipinski definition) is 31. The molecule has 0 saturated carbocycles. The normalized spacial score (nSPS) is 14.6. The van der Waals surface area contributed by atoms with Crippen molar-refractivity contribution in [2.75, 3.05) is 14.2 Å². The molecular formula is C91H129B4BrClN14O16S14. The van der Waals surface area contributed by atoms with Gasteiger partial charge in [-0.1, -0.05) is 124 Å². The van der Waals surface area contributed by atoms with E-state index >= 15 is 0 Å². The molecule has 3 fully saturated rings. The summed E-state index contributed by atoms with van der Waals surface area (Å²) in [6.45, 7) is 60.3. The van der Waals surface area contributed by atoms with Crippen LogP contribution in [0.2, 0.25) is 5.15 Å². The van der Waals surface area contributed by atoms with Crippen molar-refractivity contribution >= 4 is 244 Å². The van der Waals surface area contributed by atoms with Gasteiger partial charge in [-0.15, -0.1) is 0 Å². The molecule has 141 heavy (non-hydrogen) atoms. The molecule has 11 aromatic heterocycles. The molecule has 3 saturated heterocycles. The molecule has 0 unspecified atom stereocenters. The first-order valence-electron chi connectivity index (χ1n) is 45.5. The zero-order chi connectivity index (χ0) is 104. The van der Waals surface area contributed by atoms with Gasteiger partial charge in [0.15, 0.2) is 5.76 Å². The minimum absolute atomic E-state index is 0. The predicted octanol–water partition coefficient (Wildman–Crippen LogP) is 21.2. The molecule has 13 aromatic rings. The Kier molecular flexibility index (Phi) is 48.3. The summed E-state index contributed by atoms with van der Waals surface area (Å²) in [6, 6.07) is 10.0. The van der Waals surface area contributed by atoms with Gasteiger partial charge in [0.1, 0.15) is 74.2 Å². The first-order valence-corrected chi connectivity index (χ1v) is 63.0. The van der Waals surface area contributed by atoms with Gasteiger partial charge in [-0.25, -0.2) is 19.9 Å². The van der Waals surface area contributed by atoms with Gasteiger partial charge in [0.25, 0.3) is 0 Å². The van der Waals surface area contributed by atoms with Crippen LogP contribution in [-0.4, -0.2) is 149 Å². The van der Waals surface area contributed by atoms with Crippen molar-refractivity contribution < 1.29 is 73.7 Å². The molecule has 50 heteroatoms. The summed E-state index contributed by atoms with van der Waals surface area (Å²) >= 11 is 22.3. The second kappa shape index (κ2) is 55.9. The first kappa shape index (κ1) is 122. The standard InChI is InChI=1S/C24H25N5O3.C17H15ClN4O2.2C13H22BNO3.C9H19BO3.C7H10BrNO.C7H11NO.CH4.BHNS.S13/c1-7-16-22(18(8-2)32-29-16)23-21-14-10-19(30-6)15(20-11(3)28-31-12(20)4)9-17(14)27-24(21)26-13(5)25-23;1-7-14(8(2)24-22-7)11-5-12-10(6-13(11)23-4)15-16(18)19-9(3)20-17(15)21-12;2*1-7-9-11(10(8-2)16-15-9)14-17-12(3,4)13(5,6)18-14;1-7(2)11-10-12-8(3,4)9(5,6)13-10;1-3-5-7(8)6(4-2)10-9-5;1-3-6-5-7(4-2)9-8-6;;1-2-3;1-3-5-7-9-11-13-12-10-8-6-4-2/h9-10H,7-8H2,1-6H3,(H,25,26,27);5-6H,1-4H3,(H,19,20,21);2*7-8H2,1-6H3;7H,1-6H3;3-4H2,1-2H3;5H,3-4H2,1-2H3;1H4;3H;. The third-order valence-electron chi connectivity index (χ3n) is 23.7. The van der Waals surface area contributed by atoms with E-state index in [-0.39, 0.29) is 61.4 Å². The van der Waals surface area contributed by atoms with Crippen molar-refractivity contribution in [2.45, 2.75) is 319 Å². The zero-order valence-corrected chi connectivity index (χ0v) is 99.1. The monoisotopic (exact) mass is 2280 g/mol. The SMILES string of the molecule is C.CC(C)OB1OC(C)(C)C(C)(C)O1.CCc1cc(CC)on1.CCc1noc(CC)c1-c1nc(C)nc2[nH]c3cc(-c4c(C)noc4C)c(OC)cc3c12.CCc1noc(CC)c1B1OC(C)(C)C(C)(C)O1.CCc1noc(CC)c1B1OC(C)(C)C(C)(C)O1.CCc1noc(CC)c1Br.COc1cc2c(cc1-c1c(C)noc1C)[nH]c1nc(C)nc(Cl)c12.S=S=S=S=S=S=S=S=S=S=S=S=S.[B]=NS. The van der Waals surface area contributed by atoms with Gasteiger partial charge in [0.2, 0.25) is 0 Å². The number of aromatic nitrogens is 13. The quantitative estimate of drug-likeness (QED) is 0.0384. The van der Waals surface area contributed by atoms with Crippen LogP contribution in [0.1, 0.15) is 265 Å². The third-order valence-corrected chi connectivity index (χ3v) is 47.1. The number of nitrogens with zero attached hydrogens (tertiary/aromatic N) is 12. The molecule has 16 rings (SSSR count). The van der Waals surface area contributed by atoms with Crippen LogP contribution in [0.4, 0.5) is 0 Å². The molecule has 2 aromatic carbocycles.